The number of nitrogens with zero attached hydrogens (tertiary/aromatic N) is 2. The zero-order valence-corrected chi connectivity index (χ0v) is 22.2. The van der Waals surface area contributed by atoms with E-state index >= 15 is 0 Å². The number of anilines is 1. The molecule has 1 aromatic carbocycles. The molecule has 0 aliphatic carbocycles. The molecule has 1 aromatic rings. The van der Waals surface area contributed by atoms with Gasteiger partial charge in [-0.25, -0.2) is 0 Å². The molecule has 5 atom stereocenters. The van der Waals surface area contributed by atoms with Crippen LogP contribution in [-0.4, -0.2) is 69.6 Å². The maximum Gasteiger partial charge on any atom is 0.311 e. The minimum Gasteiger partial charge on any atom is -0.461 e. The fourth-order valence-corrected chi connectivity index (χ4v) is 8.91. The van der Waals surface area contributed by atoms with Crippen LogP contribution >= 0.6 is 11.8 Å². The molecule has 194 valence electrons. The average molecular weight is 513 g/mol. The lowest BCUT2D eigenvalue weighted by Crippen LogP contribution is -2.55. The van der Waals surface area contributed by atoms with Crippen molar-refractivity contribution in [3.63, 3.8) is 0 Å². The van der Waals surface area contributed by atoms with E-state index in [1.54, 1.807) is 27.6 Å². The van der Waals surface area contributed by atoms with E-state index in [4.69, 9.17) is 4.74 Å². The highest BCUT2D eigenvalue weighted by atomic mass is 32.2. The molecule has 3 aliphatic rings. The van der Waals surface area contributed by atoms with Crippen molar-refractivity contribution < 1.29 is 24.2 Å². The van der Waals surface area contributed by atoms with Crippen LogP contribution in [-0.2, 0) is 19.1 Å². The van der Waals surface area contributed by atoms with Gasteiger partial charge in [-0.3, -0.25) is 14.4 Å². The van der Waals surface area contributed by atoms with Crippen molar-refractivity contribution in [2.75, 3.05) is 31.2 Å². The highest BCUT2D eigenvalue weighted by Crippen LogP contribution is 2.71. The lowest BCUT2D eigenvalue weighted by Gasteiger charge is -2.38. The summed E-state index contributed by atoms with van der Waals surface area (Å²) in [5, 5.41) is 9.56. The molecule has 2 unspecified atom stereocenters. The molecule has 0 aromatic heterocycles. The first-order valence-electron chi connectivity index (χ1n) is 12.5. The number of carbonyl (C=O) groups is 3. The Kier molecular flexibility index (Phi) is 7.40. The van der Waals surface area contributed by atoms with Gasteiger partial charge in [0.05, 0.1) is 16.6 Å². The van der Waals surface area contributed by atoms with E-state index in [-0.39, 0.29) is 31.6 Å². The van der Waals surface area contributed by atoms with E-state index in [9.17, 15) is 19.5 Å². The molecule has 36 heavy (non-hydrogen) atoms. The van der Waals surface area contributed by atoms with Crippen molar-refractivity contribution in [1.82, 2.24) is 4.90 Å². The van der Waals surface area contributed by atoms with Crippen LogP contribution < -0.4 is 4.90 Å². The lowest BCUT2D eigenvalue weighted by molar-refractivity contribution is -0.154. The molecule has 1 N–H and O–H groups in total. The lowest BCUT2D eigenvalue weighted by atomic mass is 9.66. The second-order valence-electron chi connectivity index (χ2n) is 10.2. The van der Waals surface area contributed by atoms with E-state index in [0.717, 1.165) is 23.2 Å². The molecular weight excluding hydrogens is 476 g/mol. The number of hydrogen-bond donors (Lipinski definition) is 1. The van der Waals surface area contributed by atoms with Crippen LogP contribution in [0.25, 0.3) is 0 Å². The zero-order chi connectivity index (χ0) is 26.3. The number of rotatable bonds is 10. The second kappa shape index (κ2) is 10.1. The van der Waals surface area contributed by atoms with Gasteiger partial charge < -0.3 is 19.6 Å². The summed E-state index contributed by atoms with van der Waals surface area (Å²) in [7, 11) is 0. The first-order chi connectivity index (χ1) is 17.2. The number of aryl methyl sites for hydroxylation is 2. The summed E-state index contributed by atoms with van der Waals surface area (Å²) in [5.41, 5.74) is 2.75. The zero-order valence-electron chi connectivity index (χ0n) is 21.4. The summed E-state index contributed by atoms with van der Waals surface area (Å²) in [6.07, 6.45) is 4.96. The number of fused-ring (bicyclic) bond motifs is 1. The molecule has 0 saturated carbocycles. The Morgan fingerprint density at radius 2 is 1.94 bits per heavy atom. The van der Waals surface area contributed by atoms with Crippen LogP contribution in [0, 0.1) is 25.7 Å². The predicted octanol–water partition coefficient (Wildman–Crippen LogP) is 3.42. The Balaban J connectivity index is 1.81. The summed E-state index contributed by atoms with van der Waals surface area (Å²) in [5.74, 6) is -2.05. The predicted molar refractivity (Wildman–Crippen MR) is 142 cm³/mol. The molecule has 3 aliphatic heterocycles. The average Bonchev–Trinajstić information content (AvgIpc) is 3.40. The Morgan fingerprint density at radius 3 is 2.56 bits per heavy atom. The van der Waals surface area contributed by atoms with Gasteiger partial charge in [0.2, 0.25) is 5.91 Å². The van der Waals surface area contributed by atoms with Crippen LogP contribution in [0.15, 0.2) is 43.5 Å². The first kappa shape index (κ1) is 26.5. The van der Waals surface area contributed by atoms with Crippen LogP contribution in [0.1, 0.15) is 37.3 Å². The van der Waals surface area contributed by atoms with E-state index in [1.165, 1.54) is 6.08 Å². The summed E-state index contributed by atoms with van der Waals surface area (Å²) in [6, 6.07) is 5.16. The van der Waals surface area contributed by atoms with Crippen molar-refractivity contribution in [3.05, 3.63) is 54.6 Å². The van der Waals surface area contributed by atoms with Gasteiger partial charge >= 0.3 is 5.97 Å². The van der Waals surface area contributed by atoms with Gasteiger partial charge in [0.1, 0.15) is 12.6 Å². The summed E-state index contributed by atoms with van der Waals surface area (Å²) >= 11 is 1.61. The van der Waals surface area contributed by atoms with Crippen LogP contribution in [0.4, 0.5) is 5.69 Å². The van der Waals surface area contributed by atoms with E-state index in [1.807, 2.05) is 39.0 Å². The standard InChI is InChI=1S/C28H36N2O5S/c1-6-14-29(22-18(3)10-8-11-19(22)4)25(33)23-28-13-12-27(5,36-28)21(26(34)35-17-7-2)20(28)24(32)30(23)15-9-16-31/h6-8,10-11,20-21,23,31H,1-2,9,12-17H2,3-5H3/t20-,21+,23?,27-,28?/m0/s1. The number of aliphatic hydroxyl groups is 1. The smallest absolute Gasteiger partial charge is 0.311 e. The van der Waals surface area contributed by atoms with Gasteiger partial charge in [0.25, 0.3) is 5.91 Å². The first-order valence-corrected chi connectivity index (χ1v) is 13.4. The Morgan fingerprint density at radius 1 is 1.25 bits per heavy atom. The molecule has 3 saturated heterocycles. The van der Waals surface area contributed by atoms with E-state index in [2.05, 4.69) is 13.2 Å². The van der Waals surface area contributed by atoms with Gasteiger partial charge in [-0.15, -0.1) is 18.3 Å². The Bertz CT molecular complexity index is 1070. The molecule has 2 amide bonds. The summed E-state index contributed by atoms with van der Waals surface area (Å²) < 4.78 is 4.24. The Labute approximate surface area is 217 Å². The molecule has 3 fully saturated rings. The highest BCUT2D eigenvalue weighted by Gasteiger charge is 2.77. The van der Waals surface area contributed by atoms with Crippen LogP contribution in [0.3, 0.4) is 0 Å². The van der Waals surface area contributed by atoms with Crippen molar-refractivity contribution in [1.29, 1.82) is 0 Å². The molecule has 1 spiro atoms. The highest BCUT2D eigenvalue weighted by molar-refractivity contribution is 8.02. The number of esters is 1. The number of likely N-dealkylation sites (tertiary alicyclic amines) is 1. The van der Waals surface area contributed by atoms with Gasteiger partial charge in [-0.05, 0) is 51.2 Å². The van der Waals surface area contributed by atoms with Gasteiger partial charge in [0.15, 0.2) is 0 Å². The third kappa shape index (κ3) is 3.98. The minimum atomic E-state index is -0.746. The molecule has 8 heteroatoms. The number of thioether (sulfide) groups is 1. The topological polar surface area (TPSA) is 87.1 Å². The number of amides is 2. The van der Waals surface area contributed by atoms with Crippen molar-refractivity contribution >= 4 is 35.2 Å². The van der Waals surface area contributed by atoms with Gasteiger partial charge in [0, 0.05) is 30.1 Å². The van der Waals surface area contributed by atoms with E-state index < -0.39 is 33.3 Å². The van der Waals surface area contributed by atoms with E-state index in [0.29, 0.717) is 19.4 Å². The third-order valence-corrected chi connectivity index (χ3v) is 9.94. The molecule has 3 heterocycles. The molecule has 0 radical (unpaired) electrons. The fourth-order valence-electron chi connectivity index (χ4n) is 6.57. The maximum absolute atomic E-state index is 14.5. The normalized spacial score (nSPS) is 30.3. The number of aliphatic hydroxyl groups excluding tert-OH is 1. The summed E-state index contributed by atoms with van der Waals surface area (Å²) in [6.45, 7) is 14.0. The number of carbonyl (C=O) groups excluding carboxylic acids is 3. The van der Waals surface area contributed by atoms with Crippen LogP contribution in [0.2, 0.25) is 0 Å². The number of ether oxygens (including phenoxy) is 1. The third-order valence-electron chi connectivity index (χ3n) is 7.95. The monoisotopic (exact) mass is 512 g/mol. The molecule has 2 bridgehead atoms. The largest absolute Gasteiger partial charge is 0.461 e. The molecule has 7 nitrogen and oxygen atoms in total. The number of hydrogen-bond acceptors (Lipinski definition) is 6. The fraction of sp³-hybridized carbons (Fsp3) is 0.536. The Hall–Kier alpha value is -2.58. The number of benzene rings is 1. The SMILES string of the molecule is C=CCOC(=O)[C@H]1[C@H]2C(=O)N(CCCO)C(C(=O)N(CC=C)c3c(C)cccc3C)C23CC[C@]1(C)S3. The molecular formula is C28H36N2O5S. The van der Waals surface area contributed by atoms with Crippen molar-refractivity contribution in [3.8, 4) is 0 Å². The molecule has 4 rings (SSSR count). The van der Waals surface area contributed by atoms with Gasteiger partial charge in [-0.1, -0.05) is 36.9 Å². The summed E-state index contributed by atoms with van der Waals surface area (Å²) in [4.78, 5) is 45.1. The minimum absolute atomic E-state index is 0.0836. The van der Waals surface area contributed by atoms with Crippen molar-refractivity contribution in [2.24, 2.45) is 11.8 Å². The maximum atomic E-state index is 14.5. The van der Waals surface area contributed by atoms with Crippen molar-refractivity contribution in [2.45, 2.75) is 55.6 Å². The van der Waals surface area contributed by atoms with Gasteiger partial charge in [-0.2, -0.15) is 0 Å². The quantitative estimate of drug-likeness (QED) is 0.382. The number of para-hydroxylation sites is 1. The van der Waals surface area contributed by atoms with Crippen LogP contribution in [0.5, 0.6) is 0 Å². The second-order valence-corrected chi connectivity index (χ2v) is 12.1.